The Morgan fingerprint density at radius 3 is 2.70 bits per heavy atom. The summed E-state index contributed by atoms with van der Waals surface area (Å²) in [6.45, 7) is 3.79. The van der Waals surface area contributed by atoms with E-state index < -0.39 is 11.6 Å². The zero-order valence-corrected chi connectivity index (χ0v) is 20.3. The predicted molar refractivity (Wildman–Crippen MR) is 130 cm³/mol. The smallest absolute Gasteiger partial charge is 0.267 e. The predicted octanol–water partition coefficient (Wildman–Crippen LogP) is 4.07. The number of halogens is 2. The molecule has 1 saturated carbocycles. The molecule has 4 atom stereocenters. The van der Waals surface area contributed by atoms with Crippen LogP contribution in [-0.4, -0.2) is 36.3 Å². The van der Waals surface area contributed by atoms with Crippen LogP contribution in [0.5, 0.6) is 0 Å². The van der Waals surface area contributed by atoms with Gasteiger partial charge in [-0.05, 0) is 68.6 Å². The third kappa shape index (κ3) is 6.34. The minimum absolute atomic E-state index is 0.120. The number of nitrogens with one attached hydrogen (secondary N) is 2. The van der Waals surface area contributed by atoms with Crippen molar-refractivity contribution >= 4 is 29.1 Å². The summed E-state index contributed by atoms with van der Waals surface area (Å²) >= 11 is 5.90. The fraction of sp³-hybridized carbons (Fsp3) is 0.560. The molecule has 0 spiro atoms. The summed E-state index contributed by atoms with van der Waals surface area (Å²) in [6.07, 6.45) is 4.48. The lowest BCUT2D eigenvalue weighted by molar-refractivity contribution is -0.128. The molecule has 3 rings (SSSR count). The third-order valence-corrected chi connectivity index (χ3v) is 7.20. The van der Waals surface area contributed by atoms with Crippen molar-refractivity contribution in [1.82, 2.24) is 10.6 Å². The molecule has 1 saturated heterocycles. The van der Waals surface area contributed by atoms with E-state index in [1.165, 1.54) is 6.92 Å². The van der Waals surface area contributed by atoms with Gasteiger partial charge in [0.15, 0.2) is 5.67 Å². The van der Waals surface area contributed by atoms with Crippen molar-refractivity contribution in [2.45, 2.75) is 70.6 Å². The largest absolute Gasteiger partial charge is 0.394 e. The maximum Gasteiger partial charge on any atom is 0.267 e. The molecule has 0 aromatic heterocycles. The van der Waals surface area contributed by atoms with Crippen molar-refractivity contribution in [2.24, 2.45) is 22.6 Å². The lowest BCUT2D eigenvalue weighted by Gasteiger charge is -2.28. The second-order valence-corrected chi connectivity index (χ2v) is 9.95. The molecule has 2 amide bonds. The Hall–Kier alpha value is -2.41. The van der Waals surface area contributed by atoms with E-state index in [1.807, 2.05) is 12.1 Å². The quantitative estimate of drug-likeness (QED) is 0.517. The van der Waals surface area contributed by atoms with Gasteiger partial charge in [0.25, 0.3) is 11.8 Å². The van der Waals surface area contributed by atoms with Gasteiger partial charge in [-0.25, -0.2) is 4.39 Å². The SMILES string of the molecule is CN=C1CC(CCC(C)C2CC(C)(F)C(=O)N2)CCC1=C(N)C(=O)NCc1ccc(Cl)cc1. The van der Waals surface area contributed by atoms with Crippen molar-refractivity contribution in [3.8, 4) is 0 Å². The molecule has 2 aliphatic rings. The highest BCUT2D eigenvalue weighted by atomic mass is 35.5. The number of carbonyl (C=O) groups excluding carboxylic acids is 2. The number of carbonyl (C=O) groups is 2. The van der Waals surface area contributed by atoms with Crippen molar-refractivity contribution in [3.05, 3.63) is 46.1 Å². The van der Waals surface area contributed by atoms with Crippen LogP contribution < -0.4 is 16.4 Å². The molecule has 33 heavy (non-hydrogen) atoms. The van der Waals surface area contributed by atoms with E-state index in [4.69, 9.17) is 17.3 Å². The van der Waals surface area contributed by atoms with Gasteiger partial charge in [-0.1, -0.05) is 30.7 Å². The van der Waals surface area contributed by atoms with E-state index in [-0.39, 0.29) is 30.0 Å². The van der Waals surface area contributed by atoms with Gasteiger partial charge in [0.1, 0.15) is 5.70 Å². The Morgan fingerprint density at radius 2 is 2.09 bits per heavy atom. The first kappa shape index (κ1) is 25.2. The Bertz CT molecular complexity index is 942. The highest BCUT2D eigenvalue weighted by molar-refractivity contribution is 6.30. The number of nitrogens with zero attached hydrogens (tertiary/aromatic N) is 1. The van der Waals surface area contributed by atoms with Crippen LogP contribution in [0.1, 0.15) is 57.9 Å². The number of allylic oxidation sites excluding steroid dienone is 1. The maximum absolute atomic E-state index is 14.2. The van der Waals surface area contributed by atoms with Gasteiger partial charge in [-0.15, -0.1) is 0 Å². The third-order valence-electron chi connectivity index (χ3n) is 6.95. The molecule has 180 valence electrons. The number of aliphatic imine (C=N–C) groups is 1. The van der Waals surface area contributed by atoms with Gasteiger partial charge in [-0.2, -0.15) is 0 Å². The Kier molecular flexibility index (Phi) is 8.16. The molecule has 2 fully saturated rings. The summed E-state index contributed by atoms with van der Waals surface area (Å²) in [7, 11) is 1.73. The number of amides is 2. The molecule has 4 N–H and O–H groups in total. The normalized spacial score (nSPS) is 29.0. The fourth-order valence-electron chi connectivity index (χ4n) is 4.69. The lowest BCUT2D eigenvalue weighted by atomic mass is 9.79. The molecule has 1 aliphatic carbocycles. The minimum Gasteiger partial charge on any atom is -0.394 e. The van der Waals surface area contributed by atoms with Crippen molar-refractivity contribution < 1.29 is 14.0 Å². The first-order valence-corrected chi connectivity index (χ1v) is 12.0. The average molecular weight is 477 g/mol. The molecule has 0 radical (unpaired) electrons. The summed E-state index contributed by atoms with van der Waals surface area (Å²) in [5.74, 6) is -0.167. The number of hydrogen-bond donors (Lipinski definition) is 3. The Labute approximate surface area is 200 Å². The molecule has 1 aliphatic heterocycles. The number of nitrogens with two attached hydrogens (primary N) is 1. The van der Waals surface area contributed by atoms with Crippen LogP contribution in [0.4, 0.5) is 4.39 Å². The van der Waals surface area contributed by atoms with E-state index in [0.717, 1.165) is 42.5 Å². The molecular weight excluding hydrogens is 443 g/mol. The van der Waals surface area contributed by atoms with E-state index in [9.17, 15) is 14.0 Å². The van der Waals surface area contributed by atoms with Crippen LogP contribution >= 0.6 is 11.6 Å². The monoisotopic (exact) mass is 476 g/mol. The van der Waals surface area contributed by atoms with E-state index in [2.05, 4.69) is 22.5 Å². The van der Waals surface area contributed by atoms with Crippen molar-refractivity contribution in [1.29, 1.82) is 0 Å². The second kappa shape index (κ2) is 10.7. The van der Waals surface area contributed by atoms with Gasteiger partial charge in [0, 0.05) is 42.4 Å². The van der Waals surface area contributed by atoms with Gasteiger partial charge < -0.3 is 16.4 Å². The van der Waals surface area contributed by atoms with E-state index in [0.29, 0.717) is 23.9 Å². The Morgan fingerprint density at radius 1 is 1.39 bits per heavy atom. The van der Waals surface area contributed by atoms with Crippen LogP contribution in [0.15, 0.2) is 40.5 Å². The van der Waals surface area contributed by atoms with Crippen molar-refractivity contribution in [3.63, 3.8) is 0 Å². The van der Waals surface area contributed by atoms with Gasteiger partial charge in [0.05, 0.1) is 0 Å². The van der Waals surface area contributed by atoms with Crippen molar-refractivity contribution in [2.75, 3.05) is 7.05 Å². The number of rotatable bonds is 7. The molecule has 1 aromatic rings. The Balaban J connectivity index is 1.52. The van der Waals surface area contributed by atoms with Gasteiger partial charge in [-0.3, -0.25) is 14.6 Å². The zero-order chi connectivity index (χ0) is 24.2. The number of hydrogen-bond acceptors (Lipinski definition) is 4. The first-order chi connectivity index (χ1) is 15.6. The van der Waals surface area contributed by atoms with Crippen LogP contribution in [0.2, 0.25) is 5.02 Å². The van der Waals surface area contributed by atoms with Gasteiger partial charge >= 0.3 is 0 Å². The fourth-order valence-corrected chi connectivity index (χ4v) is 4.82. The van der Waals surface area contributed by atoms with Crippen LogP contribution in [0, 0.1) is 11.8 Å². The molecule has 8 heteroatoms. The molecular formula is C25H34ClFN4O2. The van der Waals surface area contributed by atoms with E-state index in [1.54, 1.807) is 19.2 Å². The lowest BCUT2D eigenvalue weighted by Crippen LogP contribution is -2.34. The summed E-state index contributed by atoms with van der Waals surface area (Å²) in [4.78, 5) is 28.8. The molecule has 1 aromatic carbocycles. The average Bonchev–Trinajstić information content (AvgIpc) is 3.08. The topological polar surface area (TPSA) is 96.6 Å². The first-order valence-electron chi connectivity index (χ1n) is 11.6. The number of alkyl halides is 1. The minimum atomic E-state index is -1.77. The summed E-state index contributed by atoms with van der Waals surface area (Å²) < 4.78 is 14.2. The van der Waals surface area contributed by atoms with E-state index >= 15 is 0 Å². The number of benzene rings is 1. The highest BCUT2D eigenvalue weighted by Gasteiger charge is 2.44. The van der Waals surface area contributed by atoms with Crippen LogP contribution in [-0.2, 0) is 16.1 Å². The summed E-state index contributed by atoms with van der Waals surface area (Å²) in [6, 6.07) is 7.17. The zero-order valence-electron chi connectivity index (χ0n) is 19.6. The second-order valence-electron chi connectivity index (χ2n) is 9.52. The van der Waals surface area contributed by atoms with Crippen LogP contribution in [0.3, 0.4) is 0 Å². The molecule has 0 bridgehead atoms. The molecule has 1 heterocycles. The summed E-state index contributed by atoms with van der Waals surface area (Å²) in [5.41, 5.74) is 7.33. The standard InChI is InChI=1S/C25H34ClFN4O2/c1-15(21-13-25(2,27)24(33)31-21)4-5-16-8-11-19(20(12-16)29-3)22(28)23(32)30-14-17-6-9-18(26)10-7-17/h6-7,9-10,15-16,21H,4-5,8,11-14,28H2,1-3H3,(H,30,32)(H,31,33). The molecule has 6 nitrogen and oxygen atoms in total. The van der Waals surface area contributed by atoms with Gasteiger partial charge in [0.2, 0.25) is 0 Å². The van der Waals surface area contributed by atoms with Crippen LogP contribution in [0.25, 0.3) is 0 Å². The molecule has 4 unspecified atom stereocenters. The maximum atomic E-state index is 14.2. The highest BCUT2D eigenvalue weighted by Crippen LogP contribution is 2.34. The summed E-state index contributed by atoms with van der Waals surface area (Å²) in [5, 5.41) is 6.32.